The zero-order valence-corrected chi connectivity index (χ0v) is 13.5. The minimum absolute atomic E-state index is 0.288. The Morgan fingerprint density at radius 3 is 2.38 bits per heavy atom. The Hall–Kier alpha value is -2.82. The number of carbonyl (C=O) groups excluding carboxylic acids is 2. The summed E-state index contributed by atoms with van der Waals surface area (Å²) in [6.07, 6.45) is 1.81. The monoisotopic (exact) mass is 324 g/mol. The predicted molar refractivity (Wildman–Crippen MR) is 91.9 cm³/mol. The van der Waals surface area contributed by atoms with Crippen molar-refractivity contribution in [2.45, 2.75) is 25.3 Å². The van der Waals surface area contributed by atoms with Crippen molar-refractivity contribution < 1.29 is 14.3 Å². The van der Waals surface area contributed by atoms with Crippen LogP contribution >= 0.6 is 0 Å². The Kier molecular flexibility index (Phi) is 4.51. The molecule has 0 saturated heterocycles. The van der Waals surface area contributed by atoms with Crippen LogP contribution in [-0.4, -0.2) is 18.6 Å². The van der Waals surface area contributed by atoms with Crippen molar-refractivity contribution >= 4 is 17.7 Å². The third-order valence-corrected chi connectivity index (χ3v) is 4.10. The number of ether oxygens (including phenoxy) is 1. The van der Waals surface area contributed by atoms with E-state index in [0.717, 1.165) is 18.4 Å². The van der Waals surface area contributed by atoms with Gasteiger partial charge in [0.1, 0.15) is 0 Å². The fourth-order valence-electron chi connectivity index (χ4n) is 2.72. The first-order chi connectivity index (χ1) is 11.6. The first kappa shape index (κ1) is 16.1. The third kappa shape index (κ3) is 3.40. The van der Waals surface area contributed by atoms with Crippen molar-refractivity contribution in [2.75, 3.05) is 11.9 Å². The minimum atomic E-state index is -0.447. The van der Waals surface area contributed by atoms with E-state index >= 15 is 0 Å². The van der Waals surface area contributed by atoms with E-state index in [0.29, 0.717) is 11.3 Å². The van der Waals surface area contributed by atoms with Gasteiger partial charge in [0.2, 0.25) is 0 Å². The van der Waals surface area contributed by atoms with Gasteiger partial charge >= 0.3 is 12.0 Å². The number of esters is 1. The lowest BCUT2D eigenvalue weighted by atomic mass is 10.1. The molecule has 1 saturated carbocycles. The Labute approximate surface area is 141 Å². The molecule has 0 radical (unpaired) electrons. The van der Waals surface area contributed by atoms with Gasteiger partial charge in [-0.25, -0.2) is 9.59 Å². The van der Waals surface area contributed by atoms with E-state index < -0.39 is 5.97 Å². The van der Waals surface area contributed by atoms with Gasteiger partial charge in [0.05, 0.1) is 23.4 Å². The van der Waals surface area contributed by atoms with Crippen molar-refractivity contribution in [1.82, 2.24) is 5.32 Å². The number of amides is 2. The van der Waals surface area contributed by atoms with Crippen molar-refractivity contribution in [3.8, 4) is 0 Å². The molecule has 0 aliphatic heterocycles. The second-order valence-corrected chi connectivity index (χ2v) is 5.79. The molecule has 0 spiro atoms. The summed E-state index contributed by atoms with van der Waals surface area (Å²) in [6, 6.07) is 16.4. The van der Waals surface area contributed by atoms with Crippen LogP contribution in [0, 0.1) is 0 Å². The van der Waals surface area contributed by atoms with E-state index in [1.54, 1.807) is 31.2 Å². The van der Waals surface area contributed by atoms with E-state index in [1.165, 1.54) is 0 Å². The molecule has 1 aliphatic rings. The van der Waals surface area contributed by atoms with Gasteiger partial charge < -0.3 is 15.4 Å². The van der Waals surface area contributed by atoms with Crippen molar-refractivity contribution in [3.05, 3.63) is 65.7 Å². The van der Waals surface area contributed by atoms with E-state index in [4.69, 9.17) is 4.74 Å². The fraction of sp³-hybridized carbons (Fsp3) is 0.263. The van der Waals surface area contributed by atoms with Gasteiger partial charge in [-0.2, -0.15) is 0 Å². The molecule has 2 aromatic rings. The van der Waals surface area contributed by atoms with Crippen LogP contribution in [0.5, 0.6) is 0 Å². The van der Waals surface area contributed by atoms with Crippen LogP contribution in [-0.2, 0) is 10.3 Å². The average Bonchev–Trinajstić information content (AvgIpc) is 3.37. The molecule has 5 heteroatoms. The molecule has 124 valence electrons. The first-order valence-electron chi connectivity index (χ1n) is 8.05. The van der Waals surface area contributed by atoms with Gasteiger partial charge in [0.25, 0.3) is 0 Å². The summed E-state index contributed by atoms with van der Waals surface area (Å²) >= 11 is 0. The van der Waals surface area contributed by atoms with E-state index in [9.17, 15) is 9.59 Å². The number of rotatable bonds is 5. The van der Waals surface area contributed by atoms with Gasteiger partial charge in [-0.3, -0.25) is 0 Å². The number of para-hydroxylation sites is 1. The zero-order valence-electron chi connectivity index (χ0n) is 13.5. The van der Waals surface area contributed by atoms with Crippen molar-refractivity contribution in [2.24, 2.45) is 0 Å². The summed E-state index contributed by atoms with van der Waals surface area (Å²) in [5.41, 5.74) is 1.58. The maximum absolute atomic E-state index is 12.4. The van der Waals surface area contributed by atoms with Gasteiger partial charge in [-0.05, 0) is 37.5 Å². The lowest BCUT2D eigenvalue weighted by Crippen LogP contribution is -2.38. The summed E-state index contributed by atoms with van der Waals surface area (Å²) in [5, 5.41) is 5.79. The molecule has 3 rings (SSSR count). The molecular weight excluding hydrogens is 304 g/mol. The lowest BCUT2D eigenvalue weighted by Gasteiger charge is -2.19. The number of anilines is 1. The summed E-state index contributed by atoms with van der Waals surface area (Å²) in [6.45, 7) is 2.04. The van der Waals surface area contributed by atoms with E-state index in [-0.39, 0.29) is 18.2 Å². The quantitative estimate of drug-likeness (QED) is 0.825. The van der Waals surface area contributed by atoms with E-state index in [1.807, 2.05) is 30.3 Å². The topological polar surface area (TPSA) is 67.4 Å². The Bertz CT molecular complexity index is 739. The average molecular weight is 324 g/mol. The number of hydrogen-bond acceptors (Lipinski definition) is 3. The molecule has 0 atom stereocenters. The molecule has 2 aromatic carbocycles. The minimum Gasteiger partial charge on any atom is -0.462 e. The maximum atomic E-state index is 12.4. The molecule has 24 heavy (non-hydrogen) atoms. The van der Waals surface area contributed by atoms with E-state index in [2.05, 4.69) is 10.6 Å². The predicted octanol–water partition coefficient (Wildman–Crippen LogP) is 3.67. The summed E-state index contributed by atoms with van der Waals surface area (Å²) in [4.78, 5) is 24.4. The molecule has 0 heterocycles. The van der Waals surface area contributed by atoms with Gasteiger partial charge in [-0.15, -0.1) is 0 Å². The SMILES string of the molecule is CCOC(=O)c1ccccc1NC(=O)NC1(c2ccccc2)CC1. The summed E-state index contributed by atoms with van der Waals surface area (Å²) in [5.74, 6) is -0.447. The van der Waals surface area contributed by atoms with Crippen LogP contribution < -0.4 is 10.6 Å². The first-order valence-corrected chi connectivity index (χ1v) is 8.05. The molecule has 1 aliphatic carbocycles. The van der Waals surface area contributed by atoms with Crippen molar-refractivity contribution in [3.63, 3.8) is 0 Å². The van der Waals surface area contributed by atoms with Crippen LogP contribution in [0.1, 0.15) is 35.7 Å². The number of carbonyl (C=O) groups is 2. The van der Waals surface area contributed by atoms with Crippen LogP contribution in [0.15, 0.2) is 54.6 Å². The smallest absolute Gasteiger partial charge is 0.340 e. The molecule has 5 nitrogen and oxygen atoms in total. The highest BCUT2D eigenvalue weighted by Gasteiger charge is 2.45. The second kappa shape index (κ2) is 6.74. The summed E-state index contributed by atoms with van der Waals surface area (Å²) in [7, 11) is 0. The van der Waals surface area contributed by atoms with Crippen LogP contribution in [0.2, 0.25) is 0 Å². The lowest BCUT2D eigenvalue weighted by molar-refractivity contribution is 0.0527. The molecule has 0 bridgehead atoms. The van der Waals surface area contributed by atoms with Crippen LogP contribution in [0.3, 0.4) is 0 Å². The maximum Gasteiger partial charge on any atom is 0.340 e. The van der Waals surface area contributed by atoms with Crippen molar-refractivity contribution in [1.29, 1.82) is 0 Å². The number of nitrogens with one attached hydrogen (secondary N) is 2. The molecule has 0 aromatic heterocycles. The van der Waals surface area contributed by atoms with Crippen LogP contribution in [0.25, 0.3) is 0 Å². The normalized spacial score (nSPS) is 14.5. The van der Waals surface area contributed by atoms with Crippen LogP contribution in [0.4, 0.5) is 10.5 Å². The number of urea groups is 1. The van der Waals surface area contributed by atoms with Gasteiger partial charge in [-0.1, -0.05) is 42.5 Å². The molecule has 0 unspecified atom stereocenters. The Balaban J connectivity index is 1.71. The standard InChI is InChI=1S/C19H20N2O3/c1-2-24-17(22)15-10-6-7-11-16(15)20-18(23)21-19(12-13-19)14-8-4-3-5-9-14/h3-11H,2,12-13H2,1H3,(H2,20,21,23). The largest absolute Gasteiger partial charge is 0.462 e. The Morgan fingerprint density at radius 2 is 1.71 bits per heavy atom. The molecule has 2 amide bonds. The molecular formula is C19H20N2O3. The fourth-order valence-corrected chi connectivity index (χ4v) is 2.72. The second-order valence-electron chi connectivity index (χ2n) is 5.79. The van der Waals surface area contributed by atoms with Gasteiger partial charge in [0.15, 0.2) is 0 Å². The highest BCUT2D eigenvalue weighted by Crippen LogP contribution is 2.45. The Morgan fingerprint density at radius 1 is 1.04 bits per heavy atom. The highest BCUT2D eigenvalue weighted by molar-refractivity contribution is 6.01. The summed E-state index contributed by atoms with van der Waals surface area (Å²) < 4.78 is 5.02. The third-order valence-electron chi connectivity index (χ3n) is 4.10. The molecule has 2 N–H and O–H groups in total. The number of hydrogen-bond donors (Lipinski definition) is 2. The zero-order chi connectivity index (χ0) is 17.0. The number of benzene rings is 2. The van der Waals surface area contributed by atoms with Gasteiger partial charge in [0, 0.05) is 0 Å². The molecule has 1 fully saturated rings. The highest BCUT2D eigenvalue weighted by atomic mass is 16.5.